The summed E-state index contributed by atoms with van der Waals surface area (Å²) in [5.74, 6) is -2.11. The lowest BCUT2D eigenvalue weighted by molar-refractivity contribution is -0.114. The van der Waals surface area contributed by atoms with Gasteiger partial charge in [0, 0.05) is 17.6 Å². The molecule has 0 fully saturated rings. The van der Waals surface area contributed by atoms with Crippen LogP contribution in [0.15, 0.2) is 76.7 Å². The molecule has 8 nitrogen and oxygen atoms in total. The number of nitrogens with one attached hydrogen (secondary N) is 1. The van der Waals surface area contributed by atoms with Crippen LogP contribution in [0.3, 0.4) is 0 Å². The van der Waals surface area contributed by atoms with E-state index in [0.717, 1.165) is 6.34 Å². The molecular weight excluding hydrogens is 439 g/mol. The second-order valence-corrected chi connectivity index (χ2v) is 6.49. The second kappa shape index (κ2) is 11.5. The Labute approximate surface area is 189 Å². The fraction of sp³-hybridized carbons (Fsp3) is 0.136. The molecule has 0 bridgehead atoms. The third-order valence-electron chi connectivity index (χ3n) is 4.05. The van der Waals surface area contributed by atoms with Crippen LogP contribution in [0.5, 0.6) is 11.5 Å². The van der Waals surface area contributed by atoms with Crippen molar-refractivity contribution in [3.8, 4) is 11.5 Å². The number of carbonyl (C=O) groups is 1. The summed E-state index contributed by atoms with van der Waals surface area (Å²) in [5, 5.41) is 6.61. The van der Waals surface area contributed by atoms with E-state index in [-0.39, 0.29) is 22.8 Å². The largest absolute Gasteiger partial charge is 0.454 e. The van der Waals surface area contributed by atoms with Gasteiger partial charge >= 0.3 is 0 Å². The molecule has 2 aromatic rings. The summed E-state index contributed by atoms with van der Waals surface area (Å²) in [4.78, 5) is 20.7. The van der Waals surface area contributed by atoms with Crippen molar-refractivity contribution in [2.75, 3.05) is 14.2 Å². The number of allylic oxidation sites excluding steroid dienone is 1. The van der Waals surface area contributed by atoms with Crippen molar-refractivity contribution in [2.24, 2.45) is 15.9 Å². The van der Waals surface area contributed by atoms with Gasteiger partial charge in [0.25, 0.3) is 11.8 Å². The van der Waals surface area contributed by atoms with E-state index in [0.29, 0.717) is 10.6 Å². The van der Waals surface area contributed by atoms with Crippen LogP contribution >= 0.6 is 11.6 Å². The molecule has 0 aliphatic carbocycles. The van der Waals surface area contributed by atoms with Crippen LogP contribution in [0, 0.1) is 6.92 Å². The van der Waals surface area contributed by atoms with Crippen LogP contribution in [0.2, 0.25) is 5.02 Å². The topological polar surface area (TPSA) is 108 Å². The quantitative estimate of drug-likeness (QED) is 0.194. The molecule has 0 atom stereocenters. The van der Waals surface area contributed by atoms with E-state index in [9.17, 15) is 4.79 Å². The highest BCUT2D eigenvalue weighted by atomic mass is 35.5. The van der Waals surface area contributed by atoms with Gasteiger partial charge in [-0.3, -0.25) is 4.79 Å². The Morgan fingerprint density at radius 1 is 1.19 bits per heavy atom. The van der Waals surface area contributed by atoms with Crippen molar-refractivity contribution in [2.45, 2.75) is 6.92 Å². The van der Waals surface area contributed by atoms with Gasteiger partial charge in [-0.25, -0.2) is 4.99 Å². The molecule has 32 heavy (non-hydrogen) atoms. The Morgan fingerprint density at radius 2 is 1.88 bits per heavy atom. The van der Waals surface area contributed by atoms with Crippen LogP contribution in [0.25, 0.3) is 0 Å². The Morgan fingerprint density at radius 3 is 2.53 bits per heavy atom. The fourth-order valence-electron chi connectivity index (χ4n) is 2.47. The van der Waals surface area contributed by atoms with E-state index in [1.165, 1.54) is 20.2 Å². The lowest BCUT2D eigenvalue weighted by Gasteiger charge is -2.14. The van der Waals surface area contributed by atoms with Crippen LogP contribution < -0.4 is 20.5 Å². The minimum Gasteiger partial charge on any atom is -0.454 e. The van der Waals surface area contributed by atoms with E-state index < -0.39 is 23.4 Å². The standard InChI is InChI=1S/C22H22ClFN4O4/c1-13-16(23)9-7-11-17(13)32-22(27-12-25)19(24)14(2)31-18-10-6-5-8-15(18)20(28-30-4)21(29)26-3/h5-12H,2H2,1,3-4H3,(H2,25,27)(H,26,29)/b22-19-,28-20+. The summed E-state index contributed by atoms with van der Waals surface area (Å²) in [6.07, 6.45) is 0.866. The van der Waals surface area contributed by atoms with Crippen molar-refractivity contribution in [3.05, 3.63) is 82.7 Å². The number of hydrogen-bond donors (Lipinski definition) is 2. The molecule has 10 heteroatoms. The summed E-state index contributed by atoms with van der Waals surface area (Å²) in [6.45, 7) is 5.30. The number of rotatable bonds is 9. The molecule has 0 aromatic heterocycles. The number of carbonyl (C=O) groups excluding carboxylic acids is 1. The zero-order valence-electron chi connectivity index (χ0n) is 17.7. The molecule has 2 rings (SSSR count). The zero-order chi connectivity index (χ0) is 23.7. The van der Waals surface area contributed by atoms with E-state index in [4.69, 9.17) is 31.6 Å². The number of para-hydroxylation sites is 1. The van der Waals surface area contributed by atoms with Crippen molar-refractivity contribution in [1.82, 2.24) is 5.32 Å². The van der Waals surface area contributed by atoms with Gasteiger partial charge < -0.3 is 25.4 Å². The first-order valence-corrected chi connectivity index (χ1v) is 9.58. The van der Waals surface area contributed by atoms with E-state index in [1.807, 2.05) is 0 Å². The predicted molar refractivity (Wildman–Crippen MR) is 121 cm³/mol. The number of nitrogens with zero attached hydrogens (tertiary/aromatic N) is 2. The zero-order valence-corrected chi connectivity index (χ0v) is 18.4. The maximum atomic E-state index is 15.2. The number of halogens is 2. The Hall–Kier alpha value is -3.85. The summed E-state index contributed by atoms with van der Waals surface area (Å²) < 4.78 is 26.3. The van der Waals surface area contributed by atoms with E-state index >= 15 is 4.39 Å². The lowest BCUT2D eigenvalue weighted by atomic mass is 10.1. The molecule has 0 saturated heterocycles. The summed E-state index contributed by atoms with van der Waals surface area (Å²) in [7, 11) is 2.73. The molecule has 3 N–H and O–H groups in total. The molecule has 168 valence electrons. The fourth-order valence-corrected chi connectivity index (χ4v) is 2.63. The first-order chi connectivity index (χ1) is 15.3. The molecule has 1 amide bonds. The number of hydrogen-bond acceptors (Lipinski definition) is 6. The monoisotopic (exact) mass is 460 g/mol. The minimum atomic E-state index is -1.02. The average molecular weight is 461 g/mol. The van der Waals surface area contributed by atoms with Gasteiger partial charge in [0.1, 0.15) is 18.6 Å². The van der Waals surface area contributed by atoms with Gasteiger partial charge in [0.05, 0.1) is 11.9 Å². The highest BCUT2D eigenvalue weighted by Crippen LogP contribution is 2.30. The highest BCUT2D eigenvalue weighted by Gasteiger charge is 2.21. The molecule has 2 aromatic carbocycles. The van der Waals surface area contributed by atoms with E-state index in [2.05, 4.69) is 22.0 Å². The van der Waals surface area contributed by atoms with Gasteiger partial charge in [-0.15, -0.1) is 0 Å². The number of aliphatic imine (C=N–C) groups is 1. The number of amides is 1. The molecule has 0 aliphatic rings. The molecule has 0 radical (unpaired) electrons. The van der Waals surface area contributed by atoms with Gasteiger partial charge in [0.15, 0.2) is 11.5 Å². The first kappa shape index (κ1) is 24.4. The van der Waals surface area contributed by atoms with Crippen LogP contribution in [-0.2, 0) is 9.63 Å². The summed E-state index contributed by atoms with van der Waals surface area (Å²) in [5.41, 5.74) is 6.10. The lowest BCUT2D eigenvalue weighted by Crippen LogP contribution is -2.29. The summed E-state index contributed by atoms with van der Waals surface area (Å²) in [6, 6.07) is 11.3. The highest BCUT2D eigenvalue weighted by molar-refractivity contribution is 6.45. The first-order valence-electron chi connectivity index (χ1n) is 9.20. The second-order valence-electron chi connectivity index (χ2n) is 6.09. The van der Waals surface area contributed by atoms with Crippen molar-refractivity contribution in [1.29, 1.82) is 0 Å². The van der Waals surface area contributed by atoms with Crippen LogP contribution in [0.4, 0.5) is 4.39 Å². The van der Waals surface area contributed by atoms with Crippen LogP contribution in [0.1, 0.15) is 11.1 Å². The Kier molecular flexibility index (Phi) is 8.79. The number of likely N-dealkylation sites (N-methyl/N-ethyl adjacent to an activating group) is 1. The van der Waals surface area contributed by atoms with Crippen LogP contribution in [-0.4, -0.2) is 32.1 Å². The minimum absolute atomic E-state index is 0.0752. The third-order valence-corrected chi connectivity index (χ3v) is 4.46. The smallest absolute Gasteiger partial charge is 0.273 e. The molecule has 0 saturated carbocycles. The van der Waals surface area contributed by atoms with Crippen molar-refractivity contribution < 1.29 is 23.5 Å². The van der Waals surface area contributed by atoms with Crippen molar-refractivity contribution >= 4 is 29.6 Å². The summed E-state index contributed by atoms with van der Waals surface area (Å²) >= 11 is 6.08. The number of nitrogens with two attached hydrogens (primary N) is 1. The number of ether oxygens (including phenoxy) is 2. The SMILES string of the molecule is C=C(Oc1ccccc1/C(=N\OC)C(=O)NC)/C(F)=C(\N=C/N)Oc1cccc(Cl)c1C. The van der Waals surface area contributed by atoms with Gasteiger partial charge in [-0.1, -0.05) is 41.5 Å². The molecule has 0 aliphatic heterocycles. The van der Waals surface area contributed by atoms with Gasteiger partial charge in [0.2, 0.25) is 5.83 Å². The Bertz CT molecular complexity index is 1100. The molecule has 0 unspecified atom stereocenters. The third kappa shape index (κ3) is 5.86. The maximum Gasteiger partial charge on any atom is 0.273 e. The number of benzene rings is 2. The van der Waals surface area contributed by atoms with Crippen molar-refractivity contribution in [3.63, 3.8) is 0 Å². The molecular formula is C22H22ClFN4O4. The Balaban J connectivity index is 2.42. The van der Waals surface area contributed by atoms with E-state index in [1.54, 1.807) is 43.3 Å². The number of oxime groups is 1. The molecule has 0 spiro atoms. The maximum absolute atomic E-state index is 15.2. The van der Waals surface area contributed by atoms with Gasteiger partial charge in [-0.05, 0) is 31.2 Å². The average Bonchev–Trinajstić information content (AvgIpc) is 2.79. The molecule has 0 heterocycles. The normalized spacial score (nSPS) is 12.2. The van der Waals surface area contributed by atoms with Gasteiger partial charge in [-0.2, -0.15) is 4.39 Å². The predicted octanol–water partition coefficient (Wildman–Crippen LogP) is 3.84.